The van der Waals surface area contributed by atoms with Crippen molar-refractivity contribution in [3.8, 4) is 0 Å². The van der Waals surface area contributed by atoms with Gasteiger partial charge in [-0.2, -0.15) is 18.3 Å². The summed E-state index contributed by atoms with van der Waals surface area (Å²) < 4.78 is 40.1. The molecule has 0 saturated heterocycles. The van der Waals surface area contributed by atoms with E-state index in [1.807, 2.05) is 13.8 Å². The number of hydrogen-bond donors (Lipinski definition) is 1. The molecule has 0 amide bonds. The van der Waals surface area contributed by atoms with Gasteiger partial charge < -0.3 is 5.32 Å². The summed E-state index contributed by atoms with van der Waals surface area (Å²) in [5.74, 6) is 1.04. The van der Waals surface area contributed by atoms with Crippen molar-refractivity contribution in [3.05, 3.63) is 39.7 Å². The van der Waals surface area contributed by atoms with Crippen LogP contribution in [0.15, 0.2) is 29.0 Å². The number of nitrogens with one attached hydrogen (secondary N) is 1. The van der Waals surface area contributed by atoms with Crippen molar-refractivity contribution in [3.63, 3.8) is 0 Å². The first-order valence-electron chi connectivity index (χ1n) is 8.50. The Morgan fingerprint density at radius 2 is 2.08 bits per heavy atom. The van der Waals surface area contributed by atoms with Crippen LogP contribution in [0.1, 0.15) is 44.8 Å². The van der Waals surface area contributed by atoms with Crippen molar-refractivity contribution < 1.29 is 13.2 Å². The summed E-state index contributed by atoms with van der Waals surface area (Å²) >= 11 is 9.31. The van der Waals surface area contributed by atoms with Crippen LogP contribution < -0.4 is 5.32 Å². The molecule has 26 heavy (non-hydrogen) atoms. The standard InChI is InChI=1S/C15H15BrClF3N4.C2H6/c16-11-8-22-14(6-12(11)17)21-7-9-1-2-10(5-9)24-4-3-13(23-24)15(18,19)20;1-2/h3-4,6,8-10H,1-2,5,7H2,(H,21,22);1-2H3. The average Bonchev–Trinajstić information content (AvgIpc) is 3.26. The van der Waals surface area contributed by atoms with Crippen LogP contribution in [0.25, 0.3) is 0 Å². The number of nitrogens with zero attached hydrogens (tertiary/aromatic N) is 3. The van der Waals surface area contributed by atoms with Gasteiger partial charge in [0, 0.05) is 25.0 Å². The summed E-state index contributed by atoms with van der Waals surface area (Å²) in [5.41, 5.74) is -0.835. The molecule has 0 aromatic carbocycles. The Labute approximate surface area is 164 Å². The van der Waals surface area contributed by atoms with E-state index >= 15 is 0 Å². The molecule has 0 aliphatic heterocycles. The first-order valence-corrected chi connectivity index (χ1v) is 9.67. The normalized spacial score (nSPS) is 19.8. The number of aromatic nitrogens is 3. The lowest BCUT2D eigenvalue weighted by Gasteiger charge is -2.13. The Balaban J connectivity index is 0.00000117. The zero-order valence-corrected chi connectivity index (χ0v) is 16.9. The van der Waals surface area contributed by atoms with E-state index in [2.05, 4.69) is 31.3 Å². The van der Waals surface area contributed by atoms with Crippen LogP contribution in [0.2, 0.25) is 5.02 Å². The zero-order chi connectivity index (χ0) is 19.3. The van der Waals surface area contributed by atoms with Gasteiger partial charge in [0.2, 0.25) is 0 Å². The van der Waals surface area contributed by atoms with Crippen molar-refractivity contribution in [2.45, 2.75) is 45.3 Å². The number of hydrogen-bond acceptors (Lipinski definition) is 3. The van der Waals surface area contributed by atoms with Gasteiger partial charge in [0.25, 0.3) is 0 Å². The second-order valence-electron chi connectivity index (χ2n) is 5.88. The molecule has 3 rings (SSSR count). The predicted octanol–water partition coefficient (Wildman–Crippen LogP) is 6.19. The molecule has 9 heteroatoms. The summed E-state index contributed by atoms with van der Waals surface area (Å²) in [6.45, 7) is 4.70. The highest BCUT2D eigenvalue weighted by Crippen LogP contribution is 2.36. The van der Waals surface area contributed by atoms with Crippen molar-refractivity contribution in [1.82, 2.24) is 14.8 Å². The molecule has 1 saturated carbocycles. The number of anilines is 1. The quantitative estimate of drug-likeness (QED) is 0.600. The Kier molecular flexibility index (Phi) is 7.34. The van der Waals surface area contributed by atoms with Gasteiger partial charge in [0.15, 0.2) is 5.69 Å². The minimum absolute atomic E-state index is 0.00867. The Hall–Kier alpha value is -1.28. The SMILES string of the molecule is CC.FC(F)(F)c1ccn(C2CCC(CNc3cc(Cl)c(Br)cn3)C2)n1. The number of rotatable bonds is 4. The van der Waals surface area contributed by atoms with Crippen LogP contribution in [0, 0.1) is 5.92 Å². The van der Waals surface area contributed by atoms with Crippen LogP contribution >= 0.6 is 27.5 Å². The Bertz CT molecular complexity index is 720. The maximum absolute atomic E-state index is 12.6. The molecule has 2 heterocycles. The molecule has 0 radical (unpaired) electrons. The van der Waals surface area contributed by atoms with E-state index in [-0.39, 0.29) is 6.04 Å². The third kappa shape index (κ3) is 5.36. The average molecular weight is 454 g/mol. The van der Waals surface area contributed by atoms with E-state index in [9.17, 15) is 13.2 Å². The molecule has 0 spiro atoms. The van der Waals surface area contributed by atoms with Crippen LogP contribution in [0.5, 0.6) is 0 Å². The van der Waals surface area contributed by atoms with Gasteiger partial charge in [-0.15, -0.1) is 0 Å². The lowest BCUT2D eigenvalue weighted by molar-refractivity contribution is -0.141. The third-order valence-corrected chi connectivity index (χ3v) is 5.34. The van der Waals surface area contributed by atoms with Gasteiger partial charge in [-0.1, -0.05) is 25.4 Å². The molecule has 0 bridgehead atoms. The maximum atomic E-state index is 12.6. The van der Waals surface area contributed by atoms with Crippen LogP contribution in [0.3, 0.4) is 0 Å². The minimum Gasteiger partial charge on any atom is -0.370 e. The van der Waals surface area contributed by atoms with E-state index in [1.54, 1.807) is 12.3 Å². The van der Waals surface area contributed by atoms with Gasteiger partial charge in [-0.3, -0.25) is 4.68 Å². The summed E-state index contributed by atoms with van der Waals surface area (Å²) in [4.78, 5) is 4.22. The number of halogens is 5. The Morgan fingerprint density at radius 3 is 2.69 bits per heavy atom. The highest BCUT2D eigenvalue weighted by molar-refractivity contribution is 9.10. The number of pyridine rings is 1. The largest absolute Gasteiger partial charge is 0.435 e. The van der Waals surface area contributed by atoms with Crippen LogP contribution in [0.4, 0.5) is 19.0 Å². The fraction of sp³-hybridized carbons (Fsp3) is 0.529. The monoisotopic (exact) mass is 452 g/mol. The smallest absolute Gasteiger partial charge is 0.370 e. The van der Waals surface area contributed by atoms with E-state index in [4.69, 9.17) is 11.6 Å². The second-order valence-corrected chi connectivity index (χ2v) is 7.14. The zero-order valence-electron chi connectivity index (χ0n) is 14.5. The van der Waals surface area contributed by atoms with Gasteiger partial charge in [0.05, 0.1) is 15.5 Å². The fourth-order valence-electron chi connectivity index (χ4n) is 2.93. The molecule has 2 unspecified atom stereocenters. The molecular weight excluding hydrogens is 433 g/mol. The Morgan fingerprint density at radius 1 is 1.35 bits per heavy atom. The van der Waals surface area contributed by atoms with Crippen LogP contribution in [-0.2, 0) is 6.18 Å². The highest BCUT2D eigenvalue weighted by atomic mass is 79.9. The van der Waals surface area contributed by atoms with Crippen molar-refractivity contribution in [1.29, 1.82) is 0 Å². The number of alkyl halides is 3. The lowest BCUT2D eigenvalue weighted by Crippen LogP contribution is -2.14. The van der Waals surface area contributed by atoms with Gasteiger partial charge in [-0.05, 0) is 47.2 Å². The van der Waals surface area contributed by atoms with E-state index in [1.165, 1.54) is 10.9 Å². The molecule has 1 fully saturated rings. The van der Waals surface area contributed by atoms with Crippen molar-refractivity contribution in [2.24, 2.45) is 5.92 Å². The highest BCUT2D eigenvalue weighted by Gasteiger charge is 2.35. The second kappa shape index (κ2) is 9.08. The first kappa shape index (κ1) is 21.0. The molecule has 1 aliphatic carbocycles. The third-order valence-electron chi connectivity index (χ3n) is 4.17. The molecular formula is C17H21BrClF3N4. The summed E-state index contributed by atoms with van der Waals surface area (Å²) in [6, 6.07) is 2.77. The van der Waals surface area contributed by atoms with Crippen molar-refractivity contribution in [2.75, 3.05) is 11.9 Å². The van der Waals surface area contributed by atoms with Gasteiger partial charge in [-0.25, -0.2) is 4.98 Å². The molecule has 1 aliphatic rings. The van der Waals surface area contributed by atoms with Gasteiger partial charge in [0.1, 0.15) is 5.82 Å². The van der Waals surface area contributed by atoms with E-state index in [0.717, 1.165) is 29.8 Å². The fourth-order valence-corrected chi connectivity index (χ4v) is 3.30. The molecule has 2 aromatic rings. The maximum Gasteiger partial charge on any atom is 0.435 e. The molecule has 2 aromatic heterocycles. The lowest BCUT2D eigenvalue weighted by atomic mass is 10.1. The topological polar surface area (TPSA) is 42.7 Å². The molecule has 2 atom stereocenters. The van der Waals surface area contributed by atoms with Crippen molar-refractivity contribution >= 4 is 33.3 Å². The predicted molar refractivity (Wildman–Crippen MR) is 100 cm³/mol. The minimum atomic E-state index is -4.39. The summed E-state index contributed by atoms with van der Waals surface area (Å²) in [6.07, 6.45) is 1.19. The molecule has 4 nitrogen and oxygen atoms in total. The van der Waals surface area contributed by atoms with Gasteiger partial charge >= 0.3 is 6.18 Å². The van der Waals surface area contributed by atoms with E-state index < -0.39 is 11.9 Å². The van der Waals surface area contributed by atoms with Crippen LogP contribution in [-0.4, -0.2) is 21.3 Å². The summed E-state index contributed by atoms with van der Waals surface area (Å²) in [5, 5.41) is 7.48. The van der Waals surface area contributed by atoms with E-state index in [0.29, 0.717) is 23.3 Å². The molecule has 1 N–H and O–H groups in total. The summed E-state index contributed by atoms with van der Waals surface area (Å²) in [7, 11) is 0. The first-order chi connectivity index (χ1) is 12.3. The molecule has 144 valence electrons.